The van der Waals surface area contributed by atoms with Crippen molar-refractivity contribution < 1.29 is 0 Å². The zero-order chi connectivity index (χ0) is 14.5. The smallest absolute Gasteiger partial charge is 0.244 e. The van der Waals surface area contributed by atoms with E-state index in [2.05, 4.69) is 44.3 Å². The highest BCUT2D eigenvalue weighted by Crippen LogP contribution is 2.19. The van der Waals surface area contributed by atoms with Crippen molar-refractivity contribution in [2.24, 2.45) is 11.7 Å². The summed E-state index contributed by atoms with van der Waals surface area (Å²) in [5, 5.41) is 7.44. The van der Waals surface area contributed by atoms with Crippen LogP contribution in [-0.4, -0.2) is 34.8 Å². The first-order chi connectivity index (χ1) is 10.3. The third kappa shape index (κ3) is 3.61. The quantitative estimate of drug-likeness (QED) is 0.878. The maximum absolute atomic E-state index is 5.79. The fourth-order valence-corrected chi connectivity index (χ4v) is 2.88. The molecule has 1 aliphatic heterocycles. The minimum atomic E-state index is 0.574. The largest absolute Gasteiger partial charge is 0.339 e. The van der Waals surface area contributed by atoms with E-state index in [0.29, 0.717) is 5.92 Å². The van der Waals surface area contributed by atoms with Gasteiger partial charge in [0.1, 0.15) is 5.82 Å². The molecule has 1 aromatic carbocycles. The summed E-state index contributed by atoms with van der Waals surface area (Å²) in [6, 6.07) is 10.5. The molecule has 1 aromatic heterocycles. The van der Waals surface area contributed by atoms with Crippen molar-refractivity contribution in [2.45, 2.75) is 25.7 Å². The Morgan fingerprint density at radius 2 is 2.10 bits per heavy atom. The predicted molar refractivity (Wildman–Crippen MR) is 84.2 cm³/mol. The highest BCUT2D eigenvalue weighted by molar-refractivity contribution is 5.29. The third-order valence-electron chi connectivity index (χ3n) is 4.15. The molecule has 0 saturated carbocycles. The average molecular weight is 285 g/mol. The van der Waals surface area contributed by atoms with Gasteiger partial charge in [0, 0.05) is 19.5 Å². The van der Waals surface area contributed by atoms with E-state index in [0.717, 1.165) is 44.2 Å². The lowest BCUT2D eigenvalue weighted by Crippen LogP contribution is -2.39. The van der Waals surface area contributed by atoms with Crippen LogP contribution in [0.1, 0.15) is 24.2 Å². The number of aromatic amines is 1. The van der Waals surface area contributed by atoms with E-state index < -0.39 is 0 Å². The number of rotatable bonds is 5. The van der Waals surface area contributed by atoms with Gasteiger partial charge in [-0.1, -0.05) is 30.3 Å². The highest BCUT2D eigenvalue weighted by atomic mass is 15.4. The summed E-state index contributed by atoms with van der Waals surface area (Å²) in [5.74, 6) is 2.37. The normalized spacial score (nSPS) is 18.9. The number of piperidine rings is 1. The van der Waals surface area contributed by atoms with E-state index in [9.17, 15) is 0 Å². The van der Waals surface area contributed by atoms with E-state index in [1.165, 1.54) is 18.4 Å². The Morgan fingerprint density at radius 1 is 1.24 bits per heavy atom. The summed E-state index contributed by atoms with van der Waals surface area (Å²) < 4.78 is 0. The van der Waals surface area contributed by atoms with Gasteiger partial charge in [0.15, 0.2) is 0 Å². The van der Waals surface area contributed by atoms with Crippen molar-refractivity contribution in [1.82, 2.24) is 15.2 Å². The fourth-order valence-electron chi connectivity index (χ4n) is 2.88. The van der Waals surface area contributed by atoms with Crippen LogP contribution in [0.2, 0.25) is 0 Å². The van der Waals surface area contributed by atoms with Gasteiger partial charge in [-0.2, -0.15) is 4.98 Å². The molecule has 1 aliphatic rings. The lowest BCUT2D eigenvalue weighted by Gasteiger charge is -2.31. The summed E-state index contributed by atoms with van der Waals surface area (Å²) in [6.07, 6.45) is 4.28. The molecular formula is C16H23N5. The van der Waals surface area contributed by atoms with E-state index in [-0.39, 0.29) is 0 Å². The molecule has 1 atom stereocenters. The summed E-state index contributed by atoms with van der Waals surface area (Å²) >= 11 is 0. The van der Waals surface area contributed by atoms with E-state index in [4.69, 9.17) is 5.73 Å². The lowest BCUT2D eigenvalue weighted by atomic mass is 9.99. The van der Waals surface area contributed by atoms with Gasteiger partial charge in [-0.25, -0.2) is 0 Å². The SMILES string of the molecule is NCC1CCCN(c2n[nH]c(CCc3ccccc3)n2)C1. The Morgan fingerprint density at radius 3 is 2.90 bits per heavy atom. The molecule has 0 aliphatic carbocycles. The van der Waals surface area contributed by atoms with Crippen LogP contribution in [0.15, 0.2) is 30.3 Å². The summed E-state index contributed by atoms with van der Waals surface area (Å²) in [5.41, 5.74) is 7.12. The number of anilines is 1. The van der Waals surface area contributed by atoms with Gasteiger partial charge < -0.3 is 10.6 Å². The van der Waals surface area contributed by atoms with Crippen LogP contribution in [0, 0.1) is 5.92 Å². The minimum Gasteiger partial charge on any atom is -0.339 e. The maximum Gasteiger partial charge on any atom is 0.244 e. The van der Waals surface area contributed by atoms with Crippen LogP contribution in [0.25, 0.3) is 0 Å². The second-order valence-electron chi connectivity index (χ2n) is 5.76. The number of hydrogen-bond acceptors (Lipinski definition) is 4. The van der Waals surface area contributed by atoms with Gasteiger partial charge in [0.05, 0.1) is 0 Å². The number of nitrogens with zero attached hydrogens (tertiary/aromatic N) is 3. The van der Waals surface area contributed by atoms with Crippen LogP contribution in [-0.2, 0) is 12.8 Å². The zero-order valence-electron chi connectivity index (χ0n) is 12.3. The molecule has 3 rings (SSSR count). The van der Waals surface area contributed by atoms with Crippen molar-refractivity contribution in [3.63, 3.8) is 0 Å². The van der Waals surface area contributed by atoms with E-state index in [1.54, 1.807) is 0 Å². The second kappa shape index (κ2) is 6.72. The standard InChI is InChI=1S/C16H23N5/c17-11-14-7-4-10-21(12-14)16-18-15(19-20-16)9-8-13-5-2-1-3-6-13/h1-3,5-6,14H,4,7-12,17H2,(H,18,19,20). The molecule has 3 N–H and O–H groups in total. The number of nitrogens with two attached hydrogens (primary N) is 1. The molecule has 5 nitrogen and oxygen atoms in total. The molecule has 1 saturated heterocycles. The van der Waals surface area contributed by atoms with Crippen LogP contribution in [0.5, 0.6) is 0 Å². The number of H-pyrrole nitrogens is 1. The molecule has 2 aromatic rings. The van der Waals surface area contributed by atoms with Gasteiger partial charge >= 0.3 is 0 Å². The predicted octanol–water partition coefficient (Wildman–Crippen LogP) is 1.76. The lowest BCUT2D eigenvalue weighted by molar-refractivity contribution is 0.419. The molecular weight excluding hydrogens is 262 g/mol. The Labute approximate surface area is 125 Å². The molecule has 5 heteroatoms. The first-order valence-corrected chi connectivity index (χ1v) is 7.75. The van der Waals surface area contributed by atoms with Crippen molar-refractivity contribution in [2.75, 3.05) is 24.5 Å². The topological polar surface area (TPSA) is 70.8 Å². The third-order valence-corrected chi connectivity index (χ3v) is 4.15. The minimum absolute atomic E-state index is 0.574. The molecule has 1 fully saturated rings. The Balaban J connectivity index is 1.58. The van der Waals surface area contributed by atoms with Crippen LogP contribution in [0.4, 0.5) is 5.95 Å². The van der Waals surface area contributed by atoms with Gasteiger partial charge in [0.2, 0.25) is 5.95 Å². The van der Waals surface area contributed by atoms with Crippen molar-refractivity contribution in [1.29, 1.82) is 0 Å². The Hall–Kier alpha value is -1.88. The molecule has 112 valence electrons. The monoisotopic (exact) mass is 285 g/mol. The van der Waals surface area contributed by atoms with Gasteiger partial charge in [-0.15, -0.1) is 5.10 Å². The number of aryl methyl sites for hydroxylation is 2. The van der Waals surface area contributed by atoms with Crippen LogP contribution >= 0.6 is 0 Å². The maximum atomic E-state index is 5.79. The highest BCUT2D eigenvalue weighted by Gasteiger charge is 2.21. The fraction of sp³-hybridized carbons (Fsp3) is 0.500. The van der Waals surface area contributed by atoms with Gasteiger partial charge in [-0.05, 0) is 37.3 Å². The molecule has 2 heterocycles. The van der Waals surface area contributed by atoms with Gasteiger partial charge in [0.25, 0.3) is 0 Å². The van der Waals surface area contributed by atoms with E-state index >= 15 is 0 Å². The van der Waals surface area contributed by atoms with Crippen LogP contribution in [0.3, 0.4) is 0 Å². The summed E-state index contributed by atoms with van der Waals surface area (Å²) in [4.78, 5) is 6.89. The first kappa shape index (κ1) is 14.1. The molecule has 21 heavy (non-hydrogen) atoms. The number of hydrogen-bond donors (Lipinski definition) is 2. The van der Waals surface area contributed by atoms with E-state index in [1.807, 2.05) is 6.07 Å². The number of benzene rings is 1. The van der Waals surface area contributed by atoms with Crippen molar-refractivity contribution in [3.8, 4) is 0 Å². The summed E-state index contributed by atoms with van der Waals surface area (Å²) in [6.45, 7) is 2.76. The number of aromatic nitrogens is 3. The Kier molecular flexibility index (Phi) is 4.50. The first-order valence-electron chi connectivity index (χ1n) is 7.75. The molecule has 0 spiro atoms. The molecule has 1 unspecified atom stereocenters. The second-order valence-corrected chi connectivity index (χ2v) is 5.76. The van der Waals surface area contributed by atoms with Crippen LogP contribution < -0.4 is 10.6 Å². The Bertz CT molecular complexity index is 551. The van der Waals surface area contributed by atoms with Gasteiger partial charge in [-0.3, -0.25) is 5.10 Å². The molecule has 0 bridgehead atoms. The van der Waals surface area contributed by atoms with Crippen molar-refractivity contribution in [3.05, 3.63) is 41.7 Å². The molecule has 0 radical (unpaired) electrons. The summed E-state index contributed by atoms with van der Waals surface area (Å²) in [7, 11) is 0. The molecule has 0 amide bonds. The zero-order valence-corrected chi connectivity index (χ0v) is 12.3. The van der Waals surface area contributed by atoms with Crippen molar-refractivity contribution >= 4 is 5.95 Å². The average Bonchev–Trinajstić information content (AvgIpc) is 3.03. The number of nitrogens with one attached hydrogen (secondary N) is 1.